The van der Waals surface area contributed by atoms with Gasteiger partial charge in [-0.3, -0.25) is 14.5 Å². The van der Waals surface area contributed by atoms with E-state index in [9.17, 15) is 14.0 Å². The van der Waals surface area contributed by atoms with Gasteiger partial charge in [-0.1, -0.05) is 6.42 Å². The maximum Gasteiger partial charge on any atom is 0.234 e. The van der Waals surface area contributed by atoms with Gasteiger partial charge in [0.05, 0.1) is 11.5 Å². The maximum atomic E-state index is 12.8. The van der Waals surface area contributed by atoms with E-state index in [0.717, 1.165) is 13.1 Å². The predicted molar refractivity (Wildman–Crippen MR) is 105 cm³/mol. The van der Waals surface area contributed by atoms with E-state index in [0.29, 0.717) is 12.2 Å². The first kappa shape index (κ1) is 20.7. The molecule has 0 radical (unpaired) electrons. The minimum Gasteiger partial charge on any atom is -0.354 e. The van der Waals surface area contributed by atoms with Crippen molar-refractivity contribution in [3.05, 3.63) is 30.1 Å². The van der Waals surface area contributed by atoms with Gasteiger partial charge in [-0.25, -0.2) is 4.39 Å². The van der Waals surface area contributed by atoms with Gasteiger partial charge >= 0.3 is 0 Å². The van der Waals surface area contributed by atoms with Crippen molar-refractivity contribution in [3.8, 4) is 0 Å². The number of hydrogen-bond donors (Lipinski definition) is 2. The number of nitrogens with one attached hydrogen (secondary N) is 2. The lowest BCUT2D eigenvalue weighted by Gasteiger charge is -2.41. The molecular formula is C19H28FN3O2S. The highest BCUT2D eigenvalue weighted by Gasteiger charge is 2.28. The van der Waals surface area contributed by atoms with Crippen LogP contribution in [0.2, 0.25) is 0 Å². The predicted octanol–water partition coefficient (Wildman–Crippen LogP) is 2.88. The zero-order valence-corrected chi connectivity index (χ0v) is 16.3. The minimum absolute atomic E-state index is 0.0549. The first-order valence-electron chi connectivity index (χ1n) is 9.02. The molecule has 0 saturated carbocycles. The Bertz CT molecular complexity index is 601. The zero-order chi connectivity index (χ0) is 19.0. The molecule has 0 unspecified atom stereocenters. The number of halogens is 1. The molecule has 144 valence electrons. The van der Waals surface area contributed by atoms with Crippen molar-refractivity contribution in [1.82, 2.24) is 10.2 Å². The lowest BCUT2D eigenvalue weighted by Crippen LogP contribution is -2.53. The summed E-state index contributed by atoms with van der Waals surface area (Å²) in [5, 5.41) is 5.65. The average Bonchev–Trinajstić information content (AvgIpc) is 2.63. The molecule has 1 heterocycles. The fourth-order valence-electron chi connectivity index (χ4n) is 2.94. The maximum absolute atomic E-state index is 12.8. The SMILES string of the molecule is CC(C)(CNC(=O)CSCC(=O)Nc1ccc(F)cc1)N1CCCCC1. The summed E-state index contributed by atoms with van der Waals surface area (Å²) in [5.74, 6) is -0.188. The van der Waals surface area contributed by atoms with Crippen LogP contribution in [0.4, 0.5) is 10.1 Å². The summed E-state index contributed by atoms with van der Waals surface area (Å²) in [4.78, 5) is 26.3. The number of thioether (sulfide) groups is 1. The van der Waals surface area contributed by atoms with Crippen molar-refractivity contribution in [3.63, 3.8) is 0 Å². The van der Waals surface area contributed by atoms with Crippen LogP contribution in [0.15, 0.2) is 24.3 Å². The van der Waals surface area contributed by atoms with E-state index in [1.807, 2.05) is 0 Å². The second-order valence-corrected chi connectivity index (χ2v) is 8.17. The van der Waals surface area contributed by atoms with Gasteiger partial charge < -0.3 is 10.6 Å². The number of likely N-dealkylation sites (tertiary alicyclic amines) is 1. The van der Waals surface area contributed by atoms with Crippen LogP contribution in [0.5, 0.6) is 0 Å². The van der Waals surface area contributed by atoms with Gasteiger partial charge in [-0.2, -0.15) is 0 Å². The molecule has 5 nitrogen and oxygen atoms in total. The van der Waals surface area contributed by atoms with Crippen LogP contribution in [0.3, 0.4) is 0 Å². The molecule has 7 heteroatoms. The van der Waals surface area contributed by atoms with Crippen LogP contribution in [0.1, 0.15) is 33.1 Å². The molecule has 2 rings (SSSR count). The highest BCUT2D eigenvalue weighted by atomic mass is 32.2. The molecule has 0 aromatic heterocycles. The number of piperidine rings is 1. The van der Waals surface area contributed by atoms with Crippen molar-refractivity contribution in [2.24, 2.45) is 0 Å². The summed E-state index contributed by atoms with van der Waals surface area (Å²) < 4.78 is 12.8. The molecule has 0 spiro atoms. The van der Waals surface area contributed by atoms with Crippen LogP contribution in [-0.4, -0.2) is 53.4 Å². The van der Waals surface area contributed by atoms with Gasteiger partial charge in [0, 0.05) is 17.8 Å². The molecule has 2 amide bonds. The van der Waals surface area contributed by atoms with Crippen molar-refractivity contribution in [2.45, 2.75) is 38.6 Å². The van der Waals surface area contributed by atoms with Crippen molar-refractivity contribution < 1.29 is 14.0 Å². The Kier molecular flexibility index (Phi) is 7.90. The lowest BCUT2D eigenvalue weighted by atomic mass is 9.98. The highest BCUT2D eigenvalue weighted by molar-refractivity contribution is 8.00. The van der Waals surface area contributed by atoms with E-state index in [-0.39, 0.29) is 34.7 Å². The van der Waals surface area contributed by atoms with E-state index in [1.54, 1.807) is 0 Å². The lowest BCUT2D eigenvalue weighted by molar-refractivity contribution is -0.119. The molecule has 0 aliphatic carbocycles. The number of nitrogens with zero attached hydrogens (tertiary/aromatic N) is 1. The summed E-state index contributed by atoms with van der Waals surface area (Å²) in [6.45, 7) is 7.08. The normalized spacial score (nSPS) is 15.5. The summed E-state index contributed by atoms with van der Waals surface area (Å²) in [6.07, 6.45) is 3.72. The van der Waals surface area contributed by atoms with Crippen LogP contribution < -0.4 is 10.6 Å². The largest absolute Gasteiger partial charge is 0.354 e. The Balaban J connectivity index is 1.63. The zero-order valence-electron chi connectivity index (χ0n) is 15.5. The van der Waals surface area contributed by atoms with E-state index >= 15 is 0 Å². The molecular weight excluding hydrogens is 353 g/mol. The van der Waals surface area contributed by atoms with Crippen molar-refractivity contribution in [1.29, 1.82) is 0 Å². The Hall–Kier alpha value is -1.60. The van der Waals surface area contributed by atoms with Gasteiger partial charge in [-0.15, -0.1) is 11.8 Å². The third-order valence-corrected chi connectivity index (χ3v) is 5.46. The second-order valence-electron chi connectivity index (χ2n) is 7.18. The summed E-state index contributed by atoms with van der Waals surface area (Å²) in [6, 6.07) is 5.60. The van der Waals surface area contributed by atoms with Gasteiger partial charge in [0.1, 0.15) is 5.82 Å². The molecule has 2 N–H and O–H groups in total. The van der Waals surface area contributed by atoms with Crippen LogP contribution >= 0.6 is 11.8 Å². The molecule has 1 aliphatic heterocycles. The molecule has 1 saturated heterocycles. The van der Waals surface area contributed by atoms with Crippen LogP contribution in [0, 0.1) is 5.82 Å². The first-order chi connectivity index (χ1) is 12.4. The minimum atomic E-state index is -0.346. The average molecular weight is 382 g/mol. The topological polar surface area (TPSA) is 61.4 Å². The van der Waals surface area contributed by atoms with Gasteiger partial charge in [0.15, 0.2) is 0 Å². The number of carbonyl (C=O) groups is 2. The molecule has 1 aromatic carbocycles. The molecule has 0 bridgehead atoms. The molecule has 1 aromatic rings. The second kappa shape index (κ2) is 9.92. The number of anilines is 1. The Morgan fingerprint density at radius 1 is 1.08 bits per heavy atom. The van der Waals surface area contributed by atoms with E-state index < -0.39 is 0 Å². The fraction of sp³-hybridized carbons (Fsp3) is 0.579. The standard InChI is InChI=1S/C19H28FN3O2S/c1-19(2,23-10-4-3-5-11-23)14-21-17(24)12-26-13-18(25)22-16-8-6-15(20)7-9-16/h6-9H,3-5,10-14H2,1-2H3,(H,21,24)(H,22,25). The number of benzene rings is 1. The van der Waals surface area contributed by atoms with Crippen LogP contribution in [0.25, 0.3) is 0 Å². The van der Waals surface area contributed by atoms with Gasteiger partial charge in [0.2, 0.25) is 11.8 Å². The number of rotatable bonds is 8. The highest BCUT2D eigenvalue weighted by Crippen LogP contribution is 2.19. The quantitative estimate of drug-likeness (QED) is 0.727. The molecule has 26 heavy (non-hydrogen) atoms. The van der Waals surface area contributed by atoms with E-state index in [4.69, 9.17) is 0 Å². The fourth-order valence-corrected chi connectivity index (χ4v) is 3.59. The van der Waals surface area contributed by atoms with Crippen LogP contribution in [-0.2, 0) is 9.59 Å². The first-order valence-corrected chi connectivity index (χ1v) is 10.2. The third kappa shape index (κ3) is 6.96. The third-order valence-electron chi connectivity index (χ3n) is 4.52. The van der Waals surface area contributed by atoms with Crippen molar-refractivity contribution in [2.75, 3.05) is 36.5 Å². The smallest absolute Gasteiger partial charge is 0.234 e. The van der Waals surface area contributed by atoms with Gasteiger partial charge in [-0.05, 0) is 64.0 Å². The van der Waals surface area contributed by atoms with E-state index in [2.05, 4.69) is 29.4 Å². The Morgan fingerprint density at radius 2 is 1.69 bits per heavy atom. The summed E-state index contributed by atoms with van der Waals surface area (Å²) in [7, 11) is 0. The number of hydrogen-bond acceptors (Lipinski definition) is 4. The Morgan fingerprint density at radius 3 is 2.35 bits per heavy atom. The molecule has 1 aliphatic rings. The van der Waals surface area contributed by atoms with Gasteiger partial charge in [0.25, 0.3) is 0 Å². The monoisotopic (exact) mass is 381 g/mol. The Labute approximate surface area is 159 Å². The summed E-state index contributed by atoms with van der Waals surface area (Å²) in [5.41, 5.74) is 0.491. The number of amides is 2. The number of carbonyl (C=O) groups excluding carboxylic acids is 2. The van der Waals surface area contributed by atoms with Crippen molar-refractivity contribution >= 4 is 29.3 Å². The molecule has 0 atom stereocenters. The van der Waals surface area contributed by atoms with E-state index in [1.165, 1.54) is 55.3 Å². The molecule has 1 fully saturated rings. The summed E-state index contributed by atoms with van der Waals surface area (Å²) >= 11 is 1.27.